The van der Waals surface area contributed by atoms with Crippen molar-refractivity contribution in [3.63, 3.8) is 0 Å². The minimum absolute atomic E-state index is 0.00309. The topological polar surface area (TPSA) is 71.0 Å². The first-order valence-electron chi connectivity index (χ1n) is 14.3. The fourth-order valence-corrected chi connectivity index (χ4v) is 5.68. The molecule has 2 N–H and O–H groups in total. The van der Waals surface area contributed by atoms with Gasteiger partial charge in [0.25, 0.3) is 0 Å². The first-order chi connectivity index (χ1) is 20.0. The highest BCUT2D eigenvalue weighted by Gasteiger charge is 2.55. The summed E-state index contributed by atoms with van der Waals surface area (Å²) in [6.07, 6.45) is -0.783. The Labute approximate surface area is 244 Å². The second-order valence-corrected chi connectivity index (χ2v) is 12.3. The van der Waals surface area contributed by atoms with Gasteiger partial charge in [0, 0.05) is 50.3 Å². The second kappa shape index (κ2) is 12.4. The van der Waals surface area contributed by atoms with Gasteiger partial charge in [-0.25, -0.2) is 18.0 Å². The number of nitrogens with zero attached hydrogens (tertiary/aromatic N) is 1. The van der Waals surface area contributed by atoms with Crippen LogP contribution in [0.2, 0.25) is 0 Å². The molecule has 6 nitrogen and oxygen atoms in total. The number of aliphatic carboxylic acids is 1. The molecule has 0 amide bonds. The van der Waals surface area contributed by atoms with E-state index >= 15 is 0 Å². The molecule has 0 radical (unpaired) electrons. The lowest BCUT2D eigenvalue weighted by molar-refractivity contribution is -0.145. The van der Waals surface area contributed by atoms with Crippen LogP contribution in [0.25, 0.3) is 0 Å². The number of carboxylic acid groups (broad SMARTS) is 1. The van der Waals surface area contributed by atoms with E-state index < -0.39 is 29.5 Å². The molecule has 1 aliphatic carbocycles. The maximum Gasteiger partial charge on any atom is 0.345 e. The quantitative estimate of drug-likeness (QED) is 0.215. The number of fused-ring (bicyclic) bond motifs is 1. The fraction of sp³-hybridized carbons (Fsp3) is 0.424. The van der Waals surface area contributed by atoms with Crippen LogP contribution in [0.5, 0.6) is 11.5 Å². The lowest BCUT2D eigenvalue weighted by Gasteiger charge is -2.20. The zero-order valence-corrected chi connectivity index (χ0v) is 24.1. The van der Waals surface area contributed by atoms with E-state index in [1.165, 1.54) is 0 Å². The van der Waals surface area contributed by atoms with Gasteiger partial charge >= 0.3 is 5.97 Å². The molecule has 3 aromatic carbocycles. The third-order valence-electron chi connectivity index (χ3n) is 8.12. The molecule has 0 aromatic heterocycles. The summed E-state index contributed by atoms with van der Waals surface area (Å²) in [6.45, 7) is 9.34. The van der Waals surface area contributed by atoms with Crippen molar-refractivity contribution in [1.29, 1.82) is 0 Å². The Morgan fingerprint density at radius 2 is 1.57 bits per heavy atom. The molecule has 0 spiro atoms. The number of carbonyl (C=O) groups is 1. The zero-order valence-electron chi connectivity index (χ0n) is 24.1. The van der Waals surface area contributed by atoms with Crippen molar-refractivity contribution in [1.82, 2.24) is 10.2 Å². The number of hydrogen-bond donors (Lipinski definition) is 2. The van der Waals surface area contributed by atoms with Gasteiger partial charge in [0.05, 0.1) is 0 Å². The maximum atomic E-state index is 14.0. The van der Waals surface area contributed by atoms with Gasteiger partial charge in [0.1, 0.15) is 23.9 Å². The highest BCUT2D eigenvalue weighted by atomic mass is 19.2. The predicted molar refractivity (Wildman–Crippen MR) is 153 cm³/mol. The van der Waals surface area contributed by atoms with Gasteiger partial charge in [-0.15, -0.1) is 0 Å². The first-order valence-corrected chi connectivity index (χ1v) is 14.3. The van der Waals surface area contributed by atoms with Gasteiger partial charge < -0.3 is 19.9 Å². The Balaban J connectivity index is 1.01. The highest BCUT2D eigenvalue weighted by molar-refractivity contribution is 5.73. The second-order valence-electron chi connectivity index (χ2n) is 12.3. The molecule has 2 unspecified atom stereocenters. The minimum Gasteiger partial charge on any atom is -0.492 e. The van der Waals surface area contributed by atoms with Crippen LogP contribution in [0.1, 0.15) is 37.5 Å². The van der Waals surface area contributed by atoms with Gasteiger partial charge in [0.2, 0.25) is 0 Å². The number of hydrogen-bond acceptors (Lipinski definition) is 5. The Kier molecular flexibility index (Phi) is 8.80. The fourth-order valence-electron chi connectivity index (χ4n) is 5.68. The van der Waals surface area contributed by atoms with Crippen molar-refractivity contribution in [2.75, 3.05) is 26.2 Å². The van der Waals surface area contributed by atoms with Gasteiger partial charge in [0.15, 0.2) is 17.7 Å². The van der Waals surface area contributed by atoms with E-state index in [4.69, 9.17) is 9.47 Å². The summed E-state index contributed by atoms with van der Waals surface area (Å²) in [4.78, 5) is 13.9. The van der Waals surface area contributed by atoms with E-state index in [9.17, 15) is 23.1 Å². The summed E-state index contributed by atoms with van der Waals surface area (Å²) in [5.74, 6) is -1.80. The Morgan fingerprint density at radius 3 is 2.19 bits per heavy atom. The van der Waals surface area contributed by atoms with Gasteiger partial charge in [-0.1, -0.05) is 45.0 Å². The smallest absolute Gasteiger partial charge is 0.345 e. The summed E-state index contributed by atoms with van der Waals surface area (Å²) in [5.41, 5.74) is 2.16. The van der Waals surface area contributed by atoms with Crippen LogP contribution in [-0.2, 0) is 23.2 Å². The Morgan fingerprint density at radius 1 is 0.952 bits per heavy atom. The summed E-state index contributed by atoms with van der Waals surface area (Å²) in [5, 5.41) is 13.2. The summed E-state index contributed by atoms with van der Waals surface area (Å²) >= 11 is 0. The number of nitrogens with one attached hydrogen (secondary N) is 1. The molecule has 42 heavy (non-hydrogen) atoms. The lowest BCUT2D eigenvalue weighted by atomic mass is 9.87. The number of rotatable bonds is 12. The Hall–Kier alpha value is -3.56. The lowest BCUT2D eigenvalue weighted by Crippen LogP contribution is -2.33. The van der Waals surface area contributed by atoms with E-state index in [-0.39, 0.29) is 23.9 Å². The molecule has 1 aliphatic heterocycles. The average Bonchev–Trinajstić information content (AvgIpc) is 3.39. The molecule has 9 heteroatoms. The van der Waals surface area contributed by atoms with Crippen LogP contribution < -0.4 is 14.8 Å². The molecule has 1 saturated carbocycles. The molecule has 2 fully saturated rings. The van der Waals surface area contributed by atoms with Crippen molar-refractivity contribution in [3.8, 4) is 11.5 Å². The SMILES string of the molecule is CC(C)(C)c1ccc(O[C@@H](Cc2ccc(OCCNC3C4CN(Cc5cc(F)c(F)cc5F)CC43)cc2)C(=O)O)cc1. The minimum atomic E-state index is -1.17. The van der Waals surface area contributed by atoms with Crippen molar-refractivity contribution >= 4 is 5.97 Å². The number of ether oxygens (including phenoxy) is 2. The molecule has 0 bridgehead atoms. The summed E-state index contributed by atoms with van der Waals surface area (Å²) in [6, 6.07) is 16.8. The Bertz CT molecular complexity index is 1380. The average molecular weight is 583 g/mol. The monoisotopic (exact) mass is 582 g/mol. The van der Waals surface area contributed by atoms with Crippen LogP contribution in [0.15, 0.2) is 60.7 Å². The molecule has 5 rings (SSSR count). The standard InChI is InChI=1S/C33H37F3N2O4/c1-33(2,3)22-6-10-24(11-7-22)42-30(32(39)40)14-20-4-8-23(9-5-20)41-13-12-37-31-25-18-38(19-26(25)31)17-21-15-28(35)29(36)16-27(21)34/h4-11,15-16,25-26,30-31,37H,12-14,17-19H2,1-3H3,(H,39,40)/t25?,26?,30-,31?/m0/s1. The van der Waals surface area contributed by atoms with Crippen molar-refractivity contribution in [2.24, 2.45) is 11.8 Å². The summed E-state index contributed by atoms with van der Waals surface area (Å²) in [7, 11) is 0. The van der Waals surface area contributed by atoms with Crippen LogP contribution in [0.4, 0.5) is 13.2 Å². The molecule has 2 aliphatic rings. The van der Waals surface area contributed by atoms with E-state index in [1.54, 1.807) is 0 Å². The van der Waals surface area contributed by atoms with E-state index in [0.29, 0.717) is 48.6 Å². The number of likely N-dealkylation sites (tertiary alicyclic amines) is 1. The highest BCUT2D eigenvalue weighted by Crippen LogP contribution is 2.45. The maximum absolute atomic E-state index is 14.0. The third-order valence-corrected chi connectivity index (χ3v) is 8.12. The summed E-state index contributed by atoms with van der Waals surface area (Å²) < 4.78 is 52.2. The van der Waals surface area contributed by atoms with E-state index in [1.807, 2.05) is 48.5 Å². The molecule has 1 saturated heterocycles. The van der Waals surface area contributed by atoms with Crippen molar-refractivity contribution < 1.29 is 32.5 Å². The van der Waals surface area contributed by atoms with Crippen LogP contribution in [-0.4, -0.2) is 54.4 Å². The predicted octanol–water partition coefficient (Wildman–Crippen LogP) is 5.57. The number of halogens is 3. The zero-order chi connectivity index (χ0) is 30.0. The first kappa shape index (κ1) is 29.9. The largest absolute Gasteiger partial charge is 0.492 e. The van der Waals surface area contributed by atoms with Crippen molar-refractivity contribution in [3.05, 3.63) is 94.8 Å². The molecular weight excluding hydrogens is 545 g/mol. The third kappa shape index (κ3) is 7.25. The van der Waals surface area contributed by atoms with Crippen LogP contribution in [0, 0.1) is 29.3 Å². The van der Waals surface area contributed by atoms with E-state index in [2.05, 4.69) is 31.0 Å². The number of benzene rings is 3. The number of carboxylic acids is 1. The molecule has 224 valence electrons. The van der Waals surface area contributed by atoms with Crippen LogP contribution in [0.3, 0.4) is 0 Å². The van der Waals surface area contributed by atoms with Gasteiger partial charge in [-0.2, -0.15) is 0 Å². The molecule has 3 aromatic rings. The van der Waals surface area contributed by atoms with Gasteiger partial charge in [-0.3, -0.25) is 4.90 Å². The number of piperidine rings is 1. The van der Waals surface area contributed by atoms with Crippen molar-refractivity contribution in [2.45, 2.75) is 51.3 Å². The normalized spacial score (nSPS) is 20.7. The van der Waals surface area contributed by atoms with Crippen LogP contribution >= 0.6 is 0 Å². The molecule has 1 heterocycles. The molecule has 3 atom stereocenters. The van der Waals surface area contributed by atoms with E-state index in [0.717, 1.165) is 30.3 Å². The molecular formula is C33H37F3N2O4. The van der Waals surface area contributed by atoms with Gasteiger partial charge in [-0.05, 0) is 58.7 Å².